The number of hydrogen-bond donors (Lipinski definition) is 0. The second kappa shape index (κ2) is 3.28. The second-order valence-corrected chi connectivity index (χ2v) is 4.06. The molecule has 1 amide bonds. The number of anilines is 1. The summed E-state index contributed by atoms with van der Waals surface area (Å²) in [6.07, 6.45) is 0.425. The van der Waals surface area contributed by atoms with Gasteiger partial charge in [-0.2, -0.15) is 0 Å². The minimum absolute atomic E-state index is 0.108. The first kappa shape index (κ1) is 9.52. The number of fused-ring (bicyclic) bond motifs is 1. The zero-order valence-electron chi connectivity index (χ0n) is 8.00. The highest BCUT2D eigenvalue weighted by Crippen LogP contribution is 2.39. The van der Waals surface area contributed by atoms with Gasteiger partial charge in [-0.3, -0.25) is 4.79 Å². The number of halogens is 1. The van der Waals surface area contributed by atoms with Crippen molar-refractivity contribution in [3.8, 4) is 5.75 Å². The number of amides is 1. The van der Waals surface area contributed by atoms with Crippen molar-refractivity contribution >= 4 is 27.5 Å². The fourth-order valence-corrected chi connectivity index (χ4v) is 2.23. The Hall–Kier alpha value is -1.03. The smallest absolute Gasteiger partial charge is 0.231 e. The predicted molar refractivity (Wildman–Crippen MR) is 57.8 cm³/mol. The maximum absolute atomic E-state index is 11.5. The van der Waals surface area contributed by atoms with E-state index >= 15 is 0 Å². The van der Waals surface area contributed by atoms with Crippen molar-refractivity contribution in [1.82, 2.24) is 0 Å². The third kappa shape index (κ3) is 1.21. The normalized spacial score (nSPS) is 14.5. The van der Waals surface area contributed by atoms with Gasteiger partial charge in [0, 0.05) is 12.6 Å². The minimum atomic E-state index is 0.108. The lowest BCUT2D eigenvalue weighted by Crippen LogP contribution is -2.20. The van der Waals surface area contributed by atoms with Crippen LogP contribution in [0.1, 0.15) is 5.56 Å². The van der Waals surface area contributed by atoms with Crippen molar-refractivity contribution in [2.75, 3.05) is 19.1 Å². The summed E-state index contributed by atoms with van der Waals surface area (Å²) in [4.78, 5) is 13.1. The molecule has 14 heavy (non-hydrogen) atoms. The summed E-state index contributed by atoms with van der Waals surface area (Å²) >= 11 is 3.40. The number of carbonyl (C=O) groups excluding carboxylic acids is 1. The van der Waals surface area contributed by atoms with Gasteiger partial charge in [-0.05, 0) is 28.1 Å². The molecule has 74 valence electrons. The number of carbonyl (C=O) groups is 1. The topological polar surface area (TPSA) is 29.5 Å². The molecule has 0 saturated carbocycles. The fourth-order valence-electron chi connectivity index (χ4n) is 1.70. The summed E-state index contributed by atoms with van der Waals surface area (Å²) in [6, 6.07) is 3.82. The van der Waals surface area contributed by atoms with Gasteiger partial charge in [0.05, 0.1) is 23.7 Å². The lowest BCUT2D eigenvalue weighted by atomic mass is 10.1. The van der Waals surface area contributed by atoms with Crippen LogP contribution >= 0.6 is 15.9 Å². The van der Waals surface area contributed by atoms with E-state index < -0.39 is 0 Å². The molecule has 1 aliphatic rings. The molecule has 0 N–H and O–H groups in total. The van der Waals surface area contributed by atoms with Crippen molar-refractivity contribution < 1.29 is 9.53 Å². The number of methoxy groups -OCH3 is 1. The molecule has 0 saturated heterocycles. The molecular formula is C10H10BrNO2. The third-order valence-electron chi connectivity index (χ3n) is 2.46. The maximum atomic E-state index is 11.5. The van der Waals surface area contributed by atoms with Gasteiger partial charge < -0.3 is 9.64 Å². The van der Waals surface area contributed by atoms with E-state index in [4.69, 9.17) is 4.74 Å². The number of benzene rings is 1. The molecule has 0 aromatic heterocycles. The zero-order valence-corrected chi connectivity index (χ0v) is 9.59. The molecule has 0 radical (unpaired) electrons. The molecule has 4 heteroatoms. The third-order valence-corrected chi connectivity index (χ3v) is 3.08. The van der Waals surface area contributed by atoms with Crippen molar-refractivity contribution in [3.05, 3.63) is 22.2 Å². The van der Waals surface area contributed by atoms with Gasteiger partial charge in [-0.15, -0.1) is 0 Å². The fraction of sp³-hybridized carbons (Fsp3) is 0.300. The first-order valence-corrected chi connectivity index (χ1v) is 5.06. The Kier molecular flexibility index (Phi) is 2.23. The maximum Gasteiger partial charge on any atom is 0.231 e. The molecule has 0 atom stereocenters. The van der Waals surface area contributed by atoms with E-state index in [0.717, 1.165) is 21.5 Å². The average molecular weight is 256 g/mol. The van der Waals surface area contributed by atoms with E-state index in [2.05, 4.69) is 15.9 Å². The highest BCUT2D eigenvalue weighted by Gasteiger charge is 2.27. The first-order chi connectivity index (χ1) is 6.65. The summed E-state index contributed by atoms with van der Waals surface area (Å²) in [5.41, 5.74) is 1.91. The molecule has 1 aromatic carbocycles. The van der Waals surface area contributed by atoms with Crippen molar-refractivity contribution in [2.45, 2.75) is 6.42 Å². The summed E-state index contributed by atoms with van der Waals surface area (Å²) in [6.45, 7) is 0. The highest BCUT2D eigenvalue weighted by molar-refractivity contribution is 9.10. The standard InChI is InChI=1S/C10H10BrNO2/c1-12-8-4-3-7(11)10(14-2)6(8)5-9(12)13/h3-4H,5H2,1-2H3. The Morgan fingerprint density at radius 1 is 1.50 bits per heavy atom. The van der Waals surface area contributed by atoms with Crippen LogP contribution in [-0.4, -0.2) is 20.1 Å². The molecule has 2 rings (SSSR count). The summed E-state index contributed by atoms with van der Waals surface area (Å²) < 4.78 is 6.15. The number of nitrogens with zero attached hydrogens (tertiary/aromatic N) is 1. The molecule has 0 bridgehead atoms. The Labute approximate surface area is 90.8 Å². The number of likely N-dealkylation sites (N-methyl/N-ethyl adjacent to an activating group) is 1. The quantitative estimate of drug-likeness (QED) is 0.768. The summed E-state index contributed by atoms with van der Waals surface area (Å²) in [5, 5.41) is 0. The Balaban J connectivity index is 2.61. The van der Waals surface area contributed by atoms with Gasteiger partial charge in [0.1, 0.15) is 5.75 Å². The lowest BCUT2D eigenvalue weighted by Gasteiger charge is -2.12. The van der Waals surface area contributed by atoms with Crippen LogP contribution in [0, 0.1) is 0 Å². The molecule has 0 spiro atoms. The lowest BCUT2D eigenvalue weighted by molar-refractivity contribution is -0.117. The molecule has 0 fully saturated rings. The van der Waals surface area contributed by atoms with Crippen LogP contribution < -0.4 is 9.64 Å². The molecule has 0 aliphatic carbocycles. The van der Waals surface area contributed by atoms with Crippen LogP contribution in [0.25, 0.3) is 0 Å². The Morgan fingerprint density at radius 2 is 2.21 bits per heavy atom. The van der Waals surface area contributed by atoms with Crippen LogP contribution in [0.2, 0.25) is 0 Å². The van der Waals surface area contributed by atoms with Crippen LogP contribution in [0.4, 0.5) is 5.69 Å². The van der Waals surface area contributed by atoms with Gasteiger partial charge in [0.25, 0.3) is 0 Å². The minimum Gasteiger partial charge on any atom is -0.495 e. The Bertz CT molecular complexity index is 403. The van der Waals surface area contributed by atoms with Crippen LogP contribution in [0.3, 0.4) is 0 Å². The van der Waals surface area contributed by atoms with Crippen molar-refractivity contribution in [1.29, 1.82) is 0 Å². The molecule has 1 aliphatic heterocycles. The van der Waals surface area contributed by atoms with Gasteiger partial charge in [-0.1, -0.05) is 0 Å². The number of hydrogen-bond acceptors (Lipinski definition) is 2. The van der Waals surface area contributed by atoms with Crippen molar-refractivity contribution in [3.63, 3.8) is 0 Å². The molecule has 1 aromatic rings. The van der Waals surface area contributed by atoms with E-state index in [1.807, 2.05) is 12.1 Å². The van der Waals surface area contributed by atoms with Crippen molar-refractivity contribution in [2.24, 2.45) is 0 Å². The molecule has 0 unspecified atom stereocenters. The van der Waals surface area contributed by atoms with Crippen LogP contribution in [0.15, 0.2) is 16.6 Å². The van der Waals surface area contributed by atoms with E-state index in [1.165, 1.54) is 0 Å². The van der Waals surface area contributed by atoms with E-state index in [1.54, 1.807) is 19.1 Å². The van der Waals surface area contributed by atoms with E-state index in [-0.39, 0.29) is 5.91 Å². The monoisotopic (exact) mass is 255 g/mol. The highest BCUT2D eigenvalue weighted by atomic mass is 79.9. The largest absolute Gasteiger partial charge is 0.495 e. The SMILES string of the molecule is COc1c(Br)ccc2c1CC(=O)N2C. The number of rotatable bonds is 1. The van der Waals surface area contributed by atoms with E-state index in [0.29, 0.717) is 6.42 Å². The number of ether oxygens (including phenoxy) is 1. The predicted octanol–water partition coefficient (Wildman–Crippen LogP) is 1.98. The van der Waals surface area contributed by atoms with Gasteiger partial charge in [0.15, 0.2) is 0 Å². The van der Waals surface area contributed by atoms with Crippen LogP contribution in [0.5, 0.6) is 5.75 Å². The zero-order chi connectivity index (χ0) is 10.3. The average Bonchev–Trinajstić information content (AvgIpc) is 2.43. The first-order valence-electron chi connectivity index (χ1n) is 4.27. The molecule has 3 nitrogen and oxygen atoms in total. The Morgan fingerprint density at radius 3 is 2.86 bits per heavy atom. The molecule has 1 heterocycles. The van der Waals surface area contributed by atoms with Crippen LogP contribution in [-0.2, 0) is 11.2 Å². The van der Waals surface area contributed by atoms with E-state index in [9.17, 15) is 4.79 Å². The molecular weight excluding hydrogens is 246 g/mol. The summed E-state index contributed by atoms with van der Waals surface area (Å²) in [5.74, 6) is 0.872. The summed E-state index contributed by atoms with van der Waals surface area (Å²) in [7, 11) is 3.39. The van der Waals surface area contributed by atoms with Gasteiger partial charge in [-0.25, -0.2) is 0 Å². The second-order valence-electron chi connectivity index (χ2n) is 3.21. The van der Waals surface area contributed by atoms with Gasteiger partial charge >= 0.3 is 0 Å². The van der Waals surface area contributed by atoms with Gasteiger partial charge in [0.2, 0.25) is 5.91 Å².